The average Bonchev–Trinajstić information content (AvgIpc) is 2.51. The van der Waals surface area contributed by atoms with Crippen molar-refractivity contribution >= 4 is 11.9 Å². The molecular weight excluding hydrogens is 270 g/mol. The highest BCUT2D eigenvalue weighted by Gasteiger charge is 2.12. The molecule has 5 nitrogen and oxygen atoms in total. The summed E-state index contributed by atoms with van der Waals surface area (Å²) in [5, 5.41) is 0. The van der Waals surface area contributed by atoms with Gasteiger partial charge in [0.1, 0.15) is 5.75 Å². The summed E-state index contributed by atoms with van der Waals surface area (Å²) in [6, 6.07) is 7.66. The van der Waals surface area contributed by atoms with E-state index in [1.54, 1.807) is 14.0 Å². The van der Waals surface area contributed by atoms with Crippen LogP contribution in [-0.4, -0.2) is 43.6 Å². The van der Waals surface area contributed by atoms with Crippen LogP contribution in [0.4, 0.5) is 0 Å². The van der Waals surface area contributed by atoms with Gasteiger partial charge in [0.05, 0.1) is 13.0 Å². The normalized spacial score (nSPS) is 10.0. The van der Waals surface area contributed by atoms with Crippen molar-refractivity contribution in [3.8, 4) is 5.75 Å². The third-order valence-corrected chi connectivity index (χ3v) is 3.08. The van der Waals surface area contributed by atoms with E-state index in [2.05, 4.69) is 6.92 Å². The Morgan fingerprint density at radius 3 is 2.38 bits per heavy atom. The van der Waals surface area contributed by atoms with Crippen LogP contribution in [0.1, 0.15) is 25.8 Å². The van der Waals surface area contributed by atoms with Crippen molar-refractivity contribution in [1.82, 2.24) is 4.90 Å². The van der Waals surface area contributed by atoms with Crippen molar-refractivity contribution in [1.29, 1.82) is 0 Å². The van der Waals surface area contributed by atoms with Gasteiger partial charge >= 0.3 is 5.97 Å². The molecular formula is C16H23NO4. The van der Waals surface area contributed by atoms with Crippen molar-refractivity contribution in [3.63, 3.8) is 0 Å². The fourth-order valence-electron chi connectivity index (χ4n) is 1.69. The van der Waals surface area contributed by atoms with Crippen LogP contribution in [0.2, 0.25) is 0 Å². The Kier molecular flexibility index (Phi) is 7.29. The number of carbonyl (C=O) groups is 2. The minimum atomic E-state index is -0.298. The topological polar surface area (TPSA) is 55.8 Å². The molecule has 0 fully saturated rings. The summed E-state index contributed by atoms with van der Waals surface area (Å²) < 4.78 is 10.3. The number of hydrogen-bond donors (Lipinski definition) is 0. The van der Waals surface area contributed by atoms with E-state index in [-0.39, 0.29) is 24.9 Å². The van der Waals surface area contributed by atoms with E-state index in [0.29, 0.717) is 18.9 Å². The molecule has 0 saturated carbocycles. The zero-order valence-corrected chi connectivity index (χ0v) is 12.9. The first-order valence-corrected chi connectivity index (χ1v) is 7.18. The van der Waals surface area contributed by atoms with Gasteiger partial charge < -0.3 is 14.4 Å². The lowest BCUT2D eigenvalue weighted by atomic mass is 10.2. The quantitative estimate of drug-likeness (QED) is 0.688. The lowest BCUT2D eigenvalue weighted by Gasteiger charge is -2.17. The van der Waals surface area contributed by atoms with Gasteiger partial charge in [-0.05, 0) is 31.0 Å². The van der Waals surface area contributed by atoms with Crippen LogP contribution < -0.4 is 4.74 Å². The van der Waals surface area contributed by atoms with Gasteiger partial charge in [0.25, 0.3) is 5.91 Å². The molecule has 0 unspecified atom stereocenters. The summed E-state index contributed by atoms with van der Waals surface area (Å²) in [4.78, 5) is 24.5. The van der Waals surface area contributed by atoms with Crippen LogP contribution in [0.5, 0.6) is 5.75 Å². The molecule has 0 radical (unpaired) electrons. The molecule has 1 amide bonds. The summed E-state index contributed by atoms with van der Waals surface area (Å²) in [6.45, 7) is 4.48. The van der Waals surface area contributed by atoms with E-state index in [9.17, 15) is 9.59 Å². The summed E-state index contributed by atoms with van der Waals surface area (Å²) in [7, 11) is 1.64. The second-order valence-corrected chi connectivity index (χ2v) is 4.66. The van der Waals surface area contributed by atoms with Crippen LogP contribution in [0.3, 0.4) is 0 Å². The SMILES string of the molecule is CCOC(=O)CCN(C)C(=O)COc1ccc(CC)cc1. The molecule has 0 aliphatic rings. The molecule has 0 atom stereocenters. The summed E-state index contributed by atoms with van der Waals surface area (Å²) in [5.41, 5.74) is 1.22. The standard InChI is InChI=1S/C16H23NO4/c1-4-13-6-8-14(9-7-13)21-12-15(18)17(3)11-10-16(19)20-5-2/h6-9H,4-5,10-12H2,1-3H3. The van der Waals surface area contributed by atoms with E-state index in [4.69, 9.17) is 9.47 Å². The lowest BCUT2D eigenvalue weighted by Crippen LogP contribution is -2.33. The first-order valence-electron chi connectivity index (χ1n) is 7.18. The smallest absolute Gasteiger partial charge is 0.307 e. The Labute approximate surface area is 125 Å². The van der Waals surface area contributed by atoms with Gasteiger partial charge in [0, 0.05) is 13.6 Å². The van der Waals surface area contributed by atoms with E-state index in [0.717, 1.165) is 6.42 Å². The molecule has 0 aliphatic heterocycles. The molecule has 1 aromatic rings. The van der Waals surface area contributed by atoms with Gasteiger partial charge in [0.15, 0.2) is 6.61 Å². The van der Waals surface area contributed by atoms with Gasteiger partial charge in [-0.2, -0.15) is 0 Å². The highest BCUT2D eigenvalue weighted by Crippen LogP contribution is 2.12. The largest absolute Gasteiger partial charge is 0.484 e. The Balaban J connectivity index is 2.33. The Morgan fingerprint density at radius 1 is 1.14 bits per heavy atom. The summed E-state index contributed by atoms with van der Waals surface area (Å²) in [5.74, 6) is 0.200. The van der Waals surface area contributed by atoms with Gasteiger partial charge in [-0.1, -0.05) is 19.1 Å². The number of hydrogen-bond acceptors (Lipinski definition) is 4. The van der Waals surface area contributed by atoms with Crippen LogP contribution in [-0.2, 0) is 20.7 Å². The molecule has 0 spiro atoms. The van der Waals surface area contributed by atoms with Crippen LogP contribution in [0.15, 0.2) is 24.3 Å². The molecule has 0 aromatic heterocycles. The molecule has 0 heterocycles. The summed E-state index contributed by atoms with van der Waals surface area (Å²) in [6.07, 6.45) is 1.16. The maximum absolute atomic E-state index is 11.9. The molecule has 21 heavy (non-hydrogen) atoms. The van der Waals surface area contributed by atoms with E-state index >= 15 is 0 Å². The molecule has 5 heteroatoms. The third-order valence-electron chi connectivity index (χ3n) is 3.08. The second kappa shape index (κ2) is 9.00. The van der Waals surface area contributed by atoms with E-state index < -0.39 is 0 Å². The molecule has 1 rings (SSSR count). The zero-order valence-electron chi connectivity index (χ0n) is 12.9. The summed E-state index contributed by atoms with van der Waals surface area (Å²) >= 11 is 0. The number of esters is 1. The fourth-order valence-corrected chi connectivity index (χ4v) is 1.69. The zero-order chi connectivity index (χ0) is 15.7. The van der Waals surface area contributed by atoms with Gasteiger partial charge in [-0.3, -0.25) is 9.59 Å². The minimum Gasteiger partial charge on any atom is -0.484 e. The number of aryl methyl sites for hydroxylation is 1. The predicted molar refractivity (Wildman–Crippen MR) is 80.2 cm³/mol. The van der Waals surface area contributed by atoms with Crippen molar-refractivity contribution in [2.24, 2.45) is 0 Å². The molecule has 0 bridgehead atoms. The van der Waals surface area contributed by atoms with Crippen LogP contribution in [0.25, 0.3) is 0 Å². The average molecular weight is 293 g/mol. The third kappa shape index (κ3) is 6.29. The van der Waals surface area contributed by atoms with Gasteiger partial charge in [-0.25, -0.2) is 0 Å². The molecule has 0 aliphatic carbocycles. The van der Waals surface area contributed by atoms with Crippen molar-refractivity contribution in [2.45, 2.75) is 26.7 Å². The number of rotatable bonds is 8. The highest BCUT2D eigenvalue weighted by molar-refractivity contribution is 5.78. The number of likely N-dealkylation sites (N-methyl/N-ethyl adjacent to an activating group) is 1. The maximum atomic E-state index is 11.9. The number of carbonyl (C=O) groups excluding carboxylic acids is 2. The highest BCUT2D eigenvalue weighted by atomic mass is 16.5. The Morgan fingerprint density at radius 2 is 1.81 bits per heavy atom. The Bertz CT molecular complexity index is 456. The lowest BCUT2D eigenvalue weighted by molar-refractivity contribution is -0.144. The number of benzene rings is 1. The maximum Gasteiger partial charge on any atom is 0.307 e. The molecule has 1 aromatic carbocycles. The molecule has 116 valence electrons. The van der Waals surface area contributed by atoms with Crippen molar-refractivity contribution in [3.05, 3.63) is 29.8 Å². The fraction of sp³-hybridized carbons (Fsp3) is 0.500. The Hall–Kier alpha value is -2.04. The molecule has 0 saturated heterocycles. The number of nitrogens with zero attached hydrogens (tertiary/aromatic N) is 1. The van der Waals surface area contributed by atoms with Crippen molar-refractivity contribution < 1.29 is 19.1 Å². The van der Waals surface area contributed by atoms with E-state index in [1.165, 1.54) is 10.5 Å². The predicted octanol–water partition coefficient (Wildman–Crippen LogP) is 2.04. The first kappa shape index (κ1) is 17.0. The number of amides is 1. The van der Waals surface area contributed by atoms with E-state index in [1.807, 2.05) is 24.3 Å². The van der Waals surface area contributed by atoms with Crippen molar-refractivity contribution in [2.75, 3.05) is 26.8 Å². The van der Waals surface area contributed by atoms with Gasteiger partial charge in [0.2, 0.25) is 0 Å². The monoisotopic (exact) mass is 293 g/mol. The first-order chi connectivity index (χ1) is 10.1. The second-order valence-electron chi connectivity index (χ2n) is 4.66. The number of ether oxygens (including phenoxy) is 2. The minimum absolute atomic E-state index is 0.0369. The van der Waals surface area contributed by atoms with Gasteiger partial charge in [-0.15, -0.1) is 0 Å². The van der Waals surface area contributed by atoms with Crippen LogP contribution in [0, 0.1) is 0 Å². The molecule has 0 N–H and O–H groups in total. The van der Waals surface area contributed by atoms with Crippen LogP contribution >= 0.6 is 0 Å².